The summed E-state index contributed by atoms with van der Waals surface area (Å²) in [5.74, 6) is 1.09. The molecular formula is C26H38N4O7. The number of hydrogen-bond donors (Lipinski definition) is 2. The molecule has 3 aliphatic heterocycles. The van der Waals surface area contributed by atoms with Crippen LogP contribution in [0.15, 0.2) is 35.4 Å². The standard InChI is InChI=1S/C26H38N4O7/c1-15-12-34-19(17(3)16(15)2)13-33-11-7-10-28-25(32)24-21(29-30-27)22(31)23-20(36-24)14-35-26(37-23)18-8-5-4-6-9-18/h4-6,8-9,15-17,19-24,26,31H,7,10-14H2,1-3H3,(H,28,32)/t15?,16-,17-,19?,20?,21?,22-,23+,24-,26?/m1/s1. The average molecular weight is 519 g/mol. The molecule has 1 aromatic rings. The zero-order valence-electron chi connectivity index (χ0n) is 21.6. The highest BCUT2D eigenvalue weighted by Gasteiger charge is 2.51. The van der Waals surface area contributed by atoms with Crippen LogP contribution in [0.1, 0.15) is 39.0 Å². The second kappa shape index (κ2) is 13.0. The highest BCUT2D eigenvalue weighted by Crippen LogP contribution is 2.35. The third-order valence-corrected chi connectivity index (χ3v) is 7.83. The molecule has 37 heavy (non-hydrogen) atoms. The van der Waals surface area contributed by atoms with E-state index in [-0.39, 0.29) is 12.7 Å². The number of carbonyl (C=O) groups excluding carboxylic acids is 1. The molecule has 0 bridgehead atoms. The first kappa shape index (κ1) is 27.8. The van der Waals surface area contributed by atoms with Gasteiger partial charge in [0.25, 0.3) is 0 Å². The van der Waals surface area contributed by atoms with Crippen LogP contribution in [0.3, 0.4) is 0 Å². The topological polar surface area (TPSA) is 144 Å². The van der Waals surface area contributed by atoms with Crippen LogP contribution in [0.5, 0.6) is 0 Å². The largest absolute Gasteiger partial charge is 0.390 e. The Kier molecular flexibility index (Phi) is 9.77. The van der Waals surface area contributed by atoms with Crippen LogP contribution in [0.2, 0.25) is 0 Å². The molecule has 5 unspecified atom stereocenters. The van der Waals surface area contributed by atoms with E-state index in [1.165, 1.54) is 0 Å². The van der Waals surface area contributed by atoms with Crippen molar-refractivity contribution >= 4 is 5.91 Å². The molecule has 11 heteroatoms. The molecule has 1 amide bonds. The fourth-order valence-electron chi connectivity index (χ4n) is 5.12. The first-order chi connectivity index (χ1) is 17.9. The van der Waals surface area contributed by atoms with Crippen LogP contribution in [-0.2, 0) is 28.5 Å². The molecule has 3 saturated heterocycles. The number of rotatable bonds is 9. The van der Waals surface area contributed by atoms with Crippen molar-refractivity contribution in [3.8, 4) is 0 Å². The van der Waals surface area contributed by atoms with Crippen LogP contribution in [-0.4, -0.2) is 80.5 Å². The van der Waals surface area contributed by atoms with Gasteiger partial charge in [0.05, 0.1) is 25.4 Å². The number of benzene rings is 1. The van der Waals surface area contributed by atoms with E-state index in [9.17, 15) is 9.90 Å². The Morgan fingerprint density at radius 1 is 1.16 bits per heavy atom. The minimum absolute atomic E-state index is 0.0804. The number of aliphatic hydroxyl groups is 1. The van der Waals surface area contributed by atoms with Gasteiger partial charge in [0.15, 0.2) is 6.29 Å². The minimum atomic E-state index is -1.23. The summed E-state index contributed by atoms with van der Waals surface area (Å²) in [7, 11) is 0. The third kappa shape index (κ3) is 6.61. The van der Waals surface area contributed by atoms with E-state index in [4.69, 9.17) is 29.2 Å². The van der Waals surface area contributed by atoms with Gasteiger partial charge in [-0.15, -0.1) is 0 Å². The van der Waals surface area contributed by atoms with Gasteiger partial charge in [0.1, 0.15) is 24.4 Å². The van der Waals surface area contributed by atoms with E-state index in [0.29, 0.717) is 43.9 Å². The Morgan fingerprint density at radius 3 is 2.70 bits per heavy atom. The lowest BCUT2D eigenvalue weighted by Crippen LogP contribution is -2.64. The van der Waals surface area contributed by atoms with Crippen molar-refractivity contribution in [1.82, 2.24) is 5.32 Å². The lowest BCUT2D eigenvalue weighted by Gasteiger charge is -2.46. The zero-order valence-corrected chi connectivity index (χ0v) is 21.6. The predicted molar refractivity (Wildman–Crippen MR) is 133 cm³/mol. The van der Waals surface area contributed by atoms with E-state index in [1.54, 1.807) is 0 Å². The lowest BCUT2D eigenvalue weighted by molar-refractivity contribution is -0.310. The molecular weight excluding hydrogens is 480 g/mol. The van der Waals surface area contributed by atoms with Crippen molar-refractivity contribution in [1.29, 1.82) is 0 Å². The van der Waals surface area contributed by atoms with Gasteiger partial charge in [0, 0.05) is 30.2 Å². The maximum Gasteiger partial charge on any atom is 0.249 e. The van der Waals surface area contributed by atoms with E-state index >= 15 is 0 Å². The van der Waals surface area contributed by atoms with Crippen molar-refractivity contribution in [2.45, 2.75) is 70.0 Å². The number of carbonyl (C=O) groups is 1. The number of azide groups is 1. The molecule has 0 aliphatic carbocycles. The molecule has 11 nitrogen and oxygen atoms in total. The molecule has 0 saturated carbocycles. The normalized spacial score (nSPS) is 37.7. The minimum Gasteiger partial charge on any atom is -0.390 e. The number of amides is 1. The van der Waals surface area contributed by atoms with E-state index < -0.39 is 42.7 Å². The Balaban J connectivity index is 1.24. The smallest absolute Gasteiger partial charge is 0.249 e. The molecule has 1 aromatic carbocycles. The lowest BCUT2D eigenvalue weighted by atomic mass is 9.80. The van der Waals surface area contributed by atoms with Crippen LogP contribution in [0.4, 0.5) is 0 Å². The van der Waals surface area contributed by atoms with Gasteiger partial charge in [-0.3, -0.25) is 4.79 Å². The molecule has 204 valence electrons. The van der Waals surface area contributed by atoms with Crippen LogP contribution in [0.25, 0.3) is 10.4 Å². The van der Waals surface area contributed by atoms with Gasteiger partial charge in [-0.1, -0.05) is 56.2 Å². The average Bonchev–Trinajstić information content (AvgIpc) is 2.92. The van der Waals surface area contributed by atoms with Gasteiger partial charge in [0.2, 0.25) is 5.91 Å². The fourth-order valence-corrected chi connectivity index (χ4v) is 5.12. The van der Waals surface area contributed by atoms with Crippen molar-refractivity contribution in [2.75, 3.05) is 33.0 Å². The summed E-state index contributed by atoms with van der Waals surface area (Å²) in [4.78, 5) is 15.7. The fraction of sp³-hybridized carbons (Fsp3) is 0.731. The molecule has 4 rings (SSSR count). The van der Waals surface area contributed by atoms with Gasteiger partial charge in [-0.05, 0) is 29.7 Å². The molecule has 3 heterocycles. The number of fused-ring (bicyclic) bond motifs is 1. The summed E-state index contributed by atoms with van der Waals surface area (Å²) in [6, 6.07) is 8.19. The predicted octanol–water partition coefficient (Wildman–Crippen LogP) is 2.74. The maximum absolute atomic E-state index is 12.9. The monoisotopic (exact) mass is 518 g/mol. The summed E-state index contributed by atoms with van der Waals surface area (Å²) < 4.78 is 29.4. The van der Waals surface area contributed by atoms with Crippen molar-refractivity contribution in [2.24, 2.45) is 22.9 Å². The number of ether oxygens (including phenoxy) is 5. The van der Waals surface area contributed by atoms with Gasteiger partial charge in [-0.2, -0.15) is 0 Å². The van der Waals surface area contributed by atoms with Crippen molar-refractivity contribution in [3.05, 3.63) is 46.3 Å². The third-order valence-electron chi connectivity index (χ3n) is 7.83. The number of nitrogens with one attached hydrogen (secondary N) is 1. The summed E-state index contributed by atoms with van der Waals surface area (Å²) in [6.07, 6.45) is -3.89. The van der Waals surface area contributed by atoms with E-state index in [2.05, 4.69) is 36.1 Å². The molecule has 0 aromatic heterocycles. The van der Waals surface area contributed by atoms with E-state index in [1.807, 2.05) is 30.3 Å². The maximum atomic E-state index is 12.9. The molecule has 2 N–H and O–H groups in total. The van der Waals surface area contributed by atoms with Crippen LogP contribution >= 0.6 is 0 Å². The van der Waals surface area contributed by atoms with E-state index in [0.717, 1.165) is 12.2 Å². The quantitative estimate of drug-likeness (QED) is 0.221. The molecule has 3 aliphatic rings. The Bertz CT molecular complexity index is 931. The Labute approximate surface area is 217 Å². The van der Waals surface area contributed by atoms with Gasteiger partial charge in [-0.25, -0.2) is 0 Å². The Morgan fingerprint density at radius 2 is 1.95 bits per heavy atom. The summed E-state index contributed by atoms with van der Waals surface area (Å²) in [5, 5.41) is 17.4. The van der Waals surface area contributed by atoms with Gasteiger partial charge < -0.3 is 34.1 Å². The molecule has 10 atom stereocenters. The van der Waals surface area contributed by atoms with Crippen molar-refractivity contribution < 1.29 is 33.6 Å². The molecule has 0 spiro atoms. The Hall–Kier alpha value is -2.24. The zero-order chi connectivity index (χ0) is 26.4. The number of aliphatic hydroxyl groups excluding tert-OH is 1. The number of hydrogen-bond acceptors (Lipinski definition) is 8. The number of nitrogens with zero attached hydrogens (tertiary/aromatic N) is 3. The molecule has 0 radical (unpaired) electrons. The second-order valence-corrected chi connectivity index (χ2v) is 10.2. The highest BCUT2D eigenvalue weighted by atomic mass is 16.7. The second-order valence-electron chi connectivity index (χ2n) is 10.2. The summed E-state index contributed by atoms with van der Waals surface area (Å²) in [5.41, 5.74) is 9.86. The highest BCUT2D eigenvalue weighted by molar-refractivity contribution is 5.82. The summed E-state index contributed by atoms with van der Waals surface area (Å²) >= 11 is 0. The first-order valence-corrected chi connectivity index (χ1v) is 13.1. The SMILES string of the molecule is CC1COC(COCCCNC(=O)[C@@H]2OC3COC(c4ccccc4)O[C@@H]3[C@H](O)C2N=[N+]=[N-])[C@H](C)[C@@H]1C. The van der Waals surface area contributed by atoms with Gasteiger partial charge >= 0.3 is 0 Å². The van der Waals surface area contributed by atoms with Crippen LogP contribution < -0.4 is 5.32 Å². The first-order valence-electron chi connectivity index (χ1n) is 13.1. The van der Waals surface area contributed by atoms with Crippen molar-refractivity contribution in [3.63, 3.8) is 0 Å². The molecule has 3 fully saturated rings. The summed E-state index contributed by atoms with van der Waals surface area (Å²) in [6.45, 7) is 8.88. The van der Waals surface area contributed by atoms with Crippen LogP contribution in [0, 0.1) is 17.8 Å².